The van der Waals surface area contributed by atoms with Crippen molar-refractivity contribution < 1.29 is 4.79 Å². The van der Waals surface area contributed by atoms with Crippen molar-refractivity contribution >= 4 is 51.4 Å². The molecule has 5 rings (SSSR count). The minimum Gasteiger partial charge on any atom is -0.371 e. The van der Waals surface area contributed by atoms with Crippen LogP contribution in [0.2, 0.25) is 5.02 Å². The van der Waals surface area contributed by atoms with Crippen LogP contribution in [-0.2, 0) is 12.8 Å². The number of nitrogens with zero attached hydrogens (tertiary/aromatic N) is 2. The van der Waals surface area contributed by atoms with Gasteiger partial charge in [-0.05, 0) is 103 Å². The number of fused-ring (bicyclic) bond motifs is 1. The molecule has 2 heterocycles. The molecule has 1 amide bonds. The molecular weight excluding hydrogens is 498 g/mol. The van der Waals surface area contributed by atoms with Gasteiger partial charge in [0.25, 0.3) is 5.91 Å². The van der Waals surface area contributed by atoms with E-state index in [1.165, 1.54) is 34.5 Å². The number of hydrogen-bond donors (Lipinski definition) is 1. The molecular formula is C31H36ClN3OS. The van der Waals surface area contributed by atoms with Gasteiger partial charge >= 0.3 is 0 Å². The van der Waals surface area contributed by atoms with Crippen molar-refractivity contribution in [2.75, 3.05) is 23.3 Å². The third kappa shape index (κ3) is 5.78. The van der Waals surface area contributed by atoms with Gasteiger partial charge in [-0.15, -0.1) is 11.3 Å². The second-order valence-electron chi connectivity index (χ2n) is 11.4. The lowest BCUT2D eigenvalue weighted by Crippen LogP contribution is -2.27. The average Bonchev–Trinajstić information content (AvgIpc) is 3.51. The highest BCUT2D eigenvalue weighted by atomic mass is 35.5. The summed E-state index contributed by atoms with van der Waals surface area (Å²) in [7, 11) is 0. The number of carbonyl (C=O) groups is 1. The van der Waals surface area contributed by atoms with E-state index >= 15 is 0 Å². The number of aliphatic imine (C=N–C) groups is 1. The van der Waals surface area contributed by atoms with Gasteiger partial charge in [0.15, 0.2) is 0 Å². The van der Waals surface area contributed by atoms with Crippen molar-refractivity contribution in [3.05, 3.63) is 74.6 Å². The zero-order valence-corrected chi connectivity index (χ0v) is 23.8. The number of nitrogens with one attached hydrogen (secondary N) is 1. The van der Waals surface area contributed by atoms with E-state index in [2.05, 4.69) is 56.1 Å². The first kappa shape index (κ1) is 26.0. The van der Waals surface area contributed by atoms with Crippen LogP contribution >= 0.6 is 22.9 Å². The van der Waals surface area contributed by atoms with Gasteiger partial charge < -0.3 is 10.2 Å². The molecule has 1 N–H and O–H groups in total. The molecule has 194 valence electrons. The molecule has 2 aromatic carbocycles. The number of aryl methyl sites for hydroxylation is 1. The molecule has 1 fully saturated rings. The van der Waals surface area contributed by atoms with E-state index in [9.17, 15) is 4.79 Å². The summed E-state index contributed by atoms with van der Waals surface area (Å²) in [6.07, 6.45) is 7.46. The van der Waals surface area contributed by atoms with Crippen LogP contribution in [0.4, 0.5) is 16.4 Å². The Hall–Kier alpha value is -2.63. The van der Waals surface area contributed by atoms with Gasteiger partial charge in [-0.25, -0.2) is 4.99 Å². The standard InChI is InChI=1S/C31H36ClN3OS/c1-20-17-21(7-14-26(20)35-15-5-6-16-35)19-33-30-28(29(36)34-24-11-9-23(32)10-12-24)25-13-8-22(31(2,3)4)18-27(25)37-30/h7,9-12,14,17,19,22H,5-6,8,13,15-16,18H2,1-4H3,(H,34,36)/t22-/m1/s1. The molecule has 4 nitrogen and oxygen atoms in total. The van der Waals surface area contributed by atoms with E-state index in [0.717, 1.165) is 54.2 Å². The first-order valence-electron chi connectivity index (χ1n) is 13.3. The highest BCUT2D eigenvalue weighted by Crippen LogP contribution is 2.45. The predicted molar refractivity (Wildman–Crippen MR) is 159 cm³/mol. The summed E-state index contributed by atoms with van der Waals surface area (Å²) in [6, 6.07) is 13.8. The summed E-state index contributed by atoms with van der Waals surface area (Å²) in [5, 5.41) is 4.53. The zero-order chi connectivity index (χ0) is 26.2. The first-order valence-corrected chi connectivity index (χ1v) is 14.5. The number of thiophene rings is 1. The number of rotatable bonds is 5. The molecule has 1 aliphatic heterocycles. The summed E-state index contributed by atoms with van der Waals surface area (Å²) < 4.78 is 0. The van der Waals surface area contributed by atoms with Crippen LogP contribution in [-0.4, -0.2) is 25.2 Å². The lowest BCUT2D eigenvalue weighted by molar-refractivity contribution is 0.102. The summed E-state index contributed by atoms with van der Waals surface area (Å²) in [5.74, 6) is 0.505. The molecule has 0 spiro atoms. The van der Waals surface area contributed by atoms with Gasteiger partial charge in [-0.1, -0.05) is 38.4 Å². The van der Waals surface area contributed by atoms with Crippen molar-refractivity contribution in [1.29, 1.82) is 0 Å². The third-order valence-electron chi connectivity index (χ3n) is 7.80. The molecule has 0 unspecified atom stereocenters. The van der Waals surface area contributed by atoms with Gasteiger partial charge in [-0.2, -0.15) is 0 Å². The quantitative estimate of drug-likeness (QED) is 0.334. The number of amides is 1. The SMILES string of the molecule is Cc1cc(C=Nc2sc3c(c2C(=O)Nc2ccc(Cl)cc2)CC[C@@H](C(C)(C)C)C3)ccc1N1CCCC1. The van der Waals surface area contributed by atoms with Crippen LogP contribution in [0.25, 0.3) is 0 Å². The van der Waals surface area contributed by atoms with Crippen LogP contribution in [0.1, 0.15) is 72.0 Å². The number of benzene rings is 2. The van der Waals surface area contributed by atoms with Gasteiger partial charge in [0, 0.05) is 40.6 Å². The normalized spacial score (nSPS) is 17.9. The minimum atomic E-state index is -0.0956. The molecule has 6 heteroatoms. The van der Waals surface area contributed by atoms with Gasteiger partial charge in [0.05, 0.1) is 5.56 Å². The summed E-state index contributed by atoms with van der Waals surface area (Å²) >= 11 is 7.72. The van der Waals surface area contributed by atoms with Gasteiger partial charge in [0.2, 0.25) is 0 Å². The third-order valence-corrected chi connectivity index (χ3v) is 9.21. The largest absolute Gasteiger partial charge is 0.371 e. The van der Waals surface area contributed by atoms with Crippen molar-refractivity contribution in [2.24, 2.45) is 16.3 Å². The zero-order valence-electron chi connectivity index (χ0n) is 22.2. The van der Waals surface area contributed by atoms with Crippen molar-refractivity contribution in [3.8, 4) is 0 Å². The van der Waals surface area contributed by atoms with E-state index in [1.807, 2.05) is 18.3 Å². The van der Waals surface area contributed by atoms with Gasteiger partial charge in [0.1, 0.15) is 5.00 Å². The molecule has 37 heavy (non-hydrogen) atoms. The van der Waals surface area contributed by atoms with E-state index < -0.39 is 0 Å². The fourth-order valence-electron chi connectivity index (χ4n) is 5.57. The Labute approximate surface area is 229 Å². The second-order valence-corrected chi connectivity index (χ2v) is 13.0. The topological polar surface area (TPSA) is 44.7 Å². The molecule has 1 aliphatic carbocycles. The van der Waals surface area contributed by atoms with Crippen molar-refractivity contribution in [3.63, 3.8) is 0 Å². The number of anilines is 2. The van der Waals surface area contributed by atoms with Gasteiger partial charge in [-0.3, -0.25) is 4.79 Å². The average molecular weight is 534 g/mol. The smallest absolute Gasteiger partial charge is 0.259 e. The number of carbonyl (C=O) groups excluding carboxylic acids is 1. The van der Waals surface area contributed by atoms with E-state index in [1.54, 1.807) is 23.5 Å². The summed E-state index contributed by atoms with van der Waals surface area (Å²) in [6.45, 7) is 11.4. The molecule has 2 aliphatic rings. The van der Waals surface area contributed by atoms with E-state index in [-0.39, 0.29) is 11.3 Å². The Morgan fingerprint density at radius 3 is 2.54 bits per heavy atom. The van der Waals surface area contributed by atoms with Crippen LogP contribution in [0.15, 0.2) is 47.5 Å². The maximum Gasteiger partial charge on any atom is 0.259 e. The monoisotopic (exact) mass is 533 g/mol. The maximum atomic E-state index is 13.6. The summed E-state index contributed by atoms with van der Waals surface area (Å²) in [5.41, 5.74) is 6.52. The molecule has 0 bridgehead atoms. The number of halogens is 1. The predicted octanol–water partition coefficient (Wildman–Crippen LogP) is 8.46. The lowest BCUT2D eigenvalue weighted by Gasteiger charge is -2.33. The summed E-state index contributed by atoms with van der Waals surface area (Å²) in [4.78, 5) is 22.3. The second kappa shape index (κ2) is 10.6. The fraction of sp³-hybridized carbons (Fsp3) is 0.419. The van der Waals surface area contributed by atoms with Crippen LogP contribution in [0, 0.1) is 18.3 Å². The Morgan fingerprint density at radius 2 is 1.86 bits per heavy atom. The van der Waals surface area contributed by atoms with Crippen molar-refractivity contribution in [1.82, 2.24) is 0 Å². The van der Waals surface area contributed by atoms with E-state index in [4.69, 9.17) is 16.6 Å². The lowest BCUT2D eigenvalue weighted by atomic mass is 9.72. The Balaban J connectivity index is 1.45. The fourth-order valence-corrected chi connectivity index (χ4v) is 6.96. The van der Waals surface area contributed by atoms with Crippen LogP contribution in [0.5, 0.6) is 0 Å². The Morgan fingerprint density at radius 1 is 1.14 bits per heavy atom. The molecule has 0 radical (unpaired) electrons. The molecule has 1 atom stereocenters. The van der Waals surface area contributed by atoms with Crippen molar-refractivity contribution in [2.45, 2.75) is 59.8 Å². The molecule has 1 saturated heterocycles. The molecule has 0 saturated carbocycles. The first-order chi connectivity index (χ1) is 17.7. The van der Waals surface area contributed by atoms with E-state index in [0.29, 0.717) is 10.9 Å². The highest BCUT2D eigenvalue weighted by Gasteiger charge is 2.33. The van der Waals surface area contributed by atoms with Crippen LogP contribution < -0.4 is 10.2 Å². The highest BCUT2D eigenvalue weighted by molar-refractivity contribution is 7.16. The van der Waals surface area contributed by atoms with Crippen LogP contribution in [0.3, 0.4) is 0 Å². The minimum absolute atomic E-state index is 0.0956. The Kier molecular flexibility index (Phi) is 7.46. The molecule has 1 aromatic heterocycles. The maximum absolute atomic E-state index is 13.6. The Bertz CT molecular complexity index is 1310. The number of hydrogen-bond acceptors (Lipinski definition) is 4. The molecule has 3 aromatic rings.